The van der Waals surface area contributed by atoms with Crippen LogP contribution in [0.2, 0.25) is 0 Å². The van der Waals surface area contributed by atoms with Crippen molar-refractivity contribution < 1.29 is 9.59 Å². The van der Waals surface area contributed by atoms with E-state index >= 15 is 0 Å². The van der Waals surface area contributed by atoms with Gasteiger partial charge in [-0.25, -0.2) is 0 Å². The molecule has 1 heterocycles. The third kappa shape index (κ3) is 3.98. The molecule has 0 bridgehead atoms. The van der Waals surface area contributed by atoms with Gasteiger partial charge in [0, 0.05) is 16.0 Å². The monoisotopic (exact) mass is 370 g/mol. The maximum atomic E-state index is 13.0. The Morgan fingerprint density at radius 2 is 1.81 bits per heavy atom. The number of hydrogen-bond acceptors (Lipinski definition) is 3. The minimum absolute atomic E-state index is 0.0714. The Bertz CT molecular complexity index is 819. The van der Waals surface area contributed by atoms with Crippen molar-refractivity contribution in [2.45, 2.75) is 47.0 Å². The van der Waals surface area contributed by atoms with Crippen LogP contribution >= 0.6 is 11.3 Å². The first kappa shape index (κ1) is 18.6. The zero-order chi connectivity index (χ0) is 18.9. The van der Waals surface area contributed by atoms with Crippen LogP contribution in [0.25, 0.3) is 0 Å². The molecule has 5 heteroatoms. The van der Waals surface area contributed by atoms with Gasteiger partial charge in [0.1, 0.15) is 5.00 Å². The first-order chi connectivity index (χ1) is 12.3. The Kier molecular flexibility index (Phi) is 5.19. The lowest BCUT2D eigenvalue weighted by atomic mass is 9.88. The maximum Gasteiger partial charge on any atom is 0.258 e. The molecule has 2 aromatic rings. The van der Waals surface area contributed by atoms with E-state index in [9.17, 15) is 9.59 Å². The molecule has 0 fully saturated rings. The van der Waals surface area contributed by atoms with Crippen LogP contribution in [-0.4, -0.2) is 11.8 Å². The third-order valence-electron chi connectivity index (χ3n) is 4.68. The van der Waals surface area contributed by atoms with Crippen LogP contribution in [0.5, 0.6) is 0 Å². The lowest BCUT2D eigenvalue weighted by Crippen LogP contribution is -2.28. The van der Waals surface area contributed by atoms with Crippen molar-refractivity contribution in [3.05, 3.63) is 46.3 Å². The van der Waals surface area contributed by atoms with Gasteiger partial charge in [-0.3, -0.25) is 9.59 Å². The minimum Gasteiger partial charge on any atom is -0.322 e. The van der Waals surface area contributed by atoms with Crippen LogP contribution in [0, 0.1) is 11.3 Å². The fraction of sp³-hybridized carbons (Fsp3) is 0.429. The van der Waals surface area contributed by atoms with Crippen LogP contribution in [0.15, 0.2) is 30.3 Å². The van der Waals surface area contributed by atoms with Crippen LogP contribution < -0.4 is 10.6 Å². The molecule has 4 nitrogen and oxygen atoms in total. The fourth-order valence-corrected chi connectivity index (χ4v) is 4.49. The summed E-state index contributed by atoms with van der Waals surface area (Å²) in [4.78, 5) is 26.8. The predicted molar refractivity (Wildman–Crippen MR) is 108 cm³/mol. The summed E-state index contributed by atoms with van der Waals surface area (Å²) >= 11 is 1.56. The number of para-hydroxylation sites is 1. The number of carbonyl (C=O) groups is 2. The molecule has 3 rings (SSSR count). The van der Waals surface area contributed by atoms with E-state index in [0.29, 0.717) is 16.5 Å². The normalized spacial score (nSPS) is 16.7. The van der Waals surface area contributed by atoms with Gasteiger partial charge in [-0.15, -0.1) is 11.3 Å². The van der Waals surface area contributed by atoms with Gasteiger partial charge in [-0.05, 0) is 42.9 Å². The zero-order valence-corrected chi connectivity index (χ0v) is 16.6. The molecule has 1 aromatic carbocycles. The number of carbonyl (C=O) groups excluding carboxylic acids is 2. The smallest absolute Gasteiger partial charge is 0.258 e. The number of thiophene rings is 1. The summed E-state index contributed by atoms with van der Waals surface area (Å²) in [5.74, 6) is 0.391. The molecular weight excluding hydrogens is 344 g/mol. The van der Waals surface area contributed by atoms with Crippen molar-refractivity contribution in [2.24, 2.45) is 11.3 Å². The Morgan fingerprint density at radius 3 is 2.46 bits per heavy atom. The molecule has 26 heavy (non-hydrogen) atoms. The van der Waals surface area contributed by atoms with Gasteiger partial charge in [-0.2, -0.15) is 0 Å². The van der Waals surface area contributed by atoms with E-state index in [4.69, 9.17) is 0 Å². The number of hydrogen-bond donors (Lipinski definition) is 2. The van der Waals surface area contributed by atoms with Crippen molar-refractivity contribution in [1.29, 1.82) is 0 Å². The summed E-state index contributed by atoms with van der Waals surface area (Å²) in [7, 11) is 0. The Balaban J connectivity index is 1.96. The Morgan fingerprint density at radius 1 is 1.12 bits per heavy atom. The minimum atomic E-state index is -0.509. The van der Waals surface area contributed by atoms with Crippen molar-refractivity contribution in [3.63, 3.8) is 0 Å². The summed E-state index contributed by atoms with van der Waals surface area (Å²) in [5.41, 5.74) is 1.99. The van der Waals surface area contributed by atoms with Gasteiger partial charge in [0.25, 0.3) is 5.91 Å². The predicted octanol–water partition coefficient (Wildman–Crippen LogP) is 5.11. The quantitative estimate of drug-likeness (QED) is 0.789. The average Bonchev–Trinajstić information content (AvgIpc) is 2.91. The Labute approximate surface area is 159 Å². The molecule has 138 valence electrons. The van der Waals surface area contributed by atoms with Crippen molar-refractivity contribution in [1.82, 2.24) is 0 Å². The topological polar surface area (TPSA) is 58.2 Å². The molecule has 0 unspecified atom stereocenters. The van der Waals surface area contributed by atoms with E-state index in [-0.39, 0.29) is 11.8 Å². The molecule has 1 atom stereocenters. The molecule has 1 aliphatic rings. The highest BCUT2D eigenvalue weighted by atomic mass is 32.1. The molecular formula is C21H26N2O2S. The van der Waals surface area contributed by atoms with E-state index in [1.807, 2.05) is 51.1 Å². The Hall–Kier alpha value is -2.14. The number of nitrogens with one attached hydrogen (secondary N) is 2. The van der Waals surface area contributed by atoms with E-state index in [2.05, 4.69) is 17.6 Å². The number of amides is 2. The molecule has 1 aliphatic carbocycles. The van der Waals surface area contributed by atoms with Gasteiger partial charge in [0.05, 0.1) is 5.56 Å². The third-order valence-corrected chi connectivity index (χ3v) is 5.85. The second kappa shape index (κ2) is 7.23. The number of anilines is 2. The first-order valence-corrected chi connectivity index (χ1v) is 9.89. The van der Waals surface area contributed by atoms with Crippen molar-refractivity contribution >= 4 is 33.8 Å². The fourth-order valence-electron chi connectivity index (χ4n) is 3.08. The van der Waals surface area contributed by atoms with Crippen LogP contribution in [0.4, 0.5) is 10.7 Å². The largest absolute Gasteiger partial charge is 0.322 e. The molecule has 0 spiro atoms. The van der Waals surface area contributed by atoms with E-state index < -0.39 is 5.41 Å². The summed E-state index contributed by atoms with van der Waals surface area (Å²) in [6.45, 7) is 7.87. The summed E-state index contributed by atoms with van der Waals surface area (Å²) in [6, 6.07) is 9.43. The van der Waals surface area contributed by atoms with E-state index in [1.54, 1.807) is 11.3 Å². The first-order valence-electron chi connectivity index (χ1n) is 9.08. The number of rotatable bonds is 3. The van der Waals surface area contributed by atoms with Crippen LogP contribution in [-0.2, 0) is 17.6 Å². The highest BCUT2D eigenvalue weighted by molar-refractivity contribution is 7.17. The molecule has 1 aromatic heterocycles. The van der Waals surface area contributed by atoms with Gasteiger partial charge >= 0.3 is 0 Å². The number of benzene rings is 1. The van der Waals surface area contributed by atoms with Crippen molar-refractivity contribution in [3.8, 4) is 0 Å². The summed E-state index contributed by atoms with van der Waals surface area (Å²) in [5, 5.41) is 6.66. The maximum absolute atomic E-state index is 13.0. The molecule has 0 saturated heterocycles. The summed E-state index contributed by atoms with van der Waals surface area (Å²) in [6.07, 6.45) is 2.93. The molecule has 0 radical (unpaired) electrons. The highest BCUT2D eigenvalue weighted by Gasteiger charge is 2.30. The van der Waals surface area contributed by atoms with Gasteiger partial charge in [0.15, 0.2) is 0 Å². The summed E-state index contributed by atoms with van der Waals surface area (Å²) < 4.78 is 0. The molecule has 0 saturated carbocycles. The molecule has 2 amide bonds. The molecule has 2 N–H and O–H groups in total. The lowest BCUT2D eigenvalue weighted by Gasteiger charge is -2.19. The zero-order valence-electron chi connectivity index (χ0n) is 15.8. The van der Waals surface area contributed by atoms with Crippen LogP contribution in [0.3, 0.4) is 0 Å². The second-order valence-electron chi connectivity index (χ2n) is 8.08. The molecule has 0 aliphatic heterocycles. The van der Waals surface area contributed by atoms with Gasteiger partial charge in [0.2, 0.25) is 5.91 Å². The van der Waals surface area contributed by atoms with Crippen LogP contribution in [0.1, 0.15) is 54.9 Å². The second-order valence-corrected chi connectivity index (χ2v) is 9.19. The van der Waals surface area contributed by atoms with Crippen molar-refractivity contribution in [2.75, 3.05) is 10.6 Å². The average molecular weight is 371 g/mol. The van der Waals surface area contributed by atoms with Gasteiger partial charge < -0.3 is 10.6 Å². The van der Waals surface area contributed by atoms with Gasteiger partial charge in [-0.1, -0.05) is 45.9 Å². The SMILES string of the molecule is C[C@H]1CCc2c(sc(NC(=O)C(C)(C)C)c2C(=O)Nc2ccccc2)C1. The van der Waals surface area contributed by atoms with E-state index in [1.165, 1.54) is 4.88 Å². The highest BCUT2D eigenvalue weighted by Crippen LogP contribution is 2.40. The van der Waals surface area contributed by atoms with E-state index in [0.717, 1.165) is 30.5 Å². The number of fused-ring (bicyclic) bond motifs is 1. The lowest BCUT2D eigenvalue weighted by molar-refractivity contribution is -0.123. The standard InChI is InChI=1S/C21H26N2O2S/c1-13-10-11-15-16(12-13)26-19(23-20(25)21(2,3)4)17(15)18(24)22-14-8-6-5-7-9-14/h5-9,13H,10-12H2,1-4H3,(H,22,24)(H,23,25)/t13-/m0/s1.